The SMILES string of the molecule is CC1=CNC(C(O)CC(F)(F)F)C=C1. The van der Waals surface area contributed by atoms with E-state index >= 15 is 0 Å². The van der Waals surface area contributed by atoms with Crippen molar-refractivity contribution in [2.75, 3.05) is 0 Å². The van der Waals surface area contributed by atoms with E-state index in [0.717, 1.165) is 5.57 Å². The maximum Gasteiger partial charge on any atom is 0.391 e. The third kappa shape index (κ3) is 3.41. The number of allylic oxidation sites excluding steroid dienone is 2. The lowest BCUT2D eigenvalue weighted by Crippen LogP contribution is -2.39. The Kier molecular flexibility index (Phi) is 3.21. The molecule has 0 aromatic rings. The molecule has 0 bridgehead atoms. The Morgan fingerprint density at radius 1 is 1.57 bits per heavy atom. The molecule has 1 aliphatic rings. The lowest BCUT2D eigenvalue weighted by atomic mass is 10.0. The van der Waals surface area contributed by atoms with Crippen molar-refractivity contribution >= 4 is 0 Å². The van der Waals surface area contributed by atoms with Crippen molar-refractivity contribution < 1.29 is 18.3 Å². The van der Waals surface area contributed by atoms with Crippen LogP contribution in [0.15, 0.2) is 23.9 Å². The lowest BCUT2D eigenvalue weighted by molar-refractivity contribution is -0.154. The van der Waals surface area contributed by atoms with Crippen molar-refractivity contribution in [3.8, 4) is 0 Å². The molecule has 0 saturated heterocycles. The Hall–Kier alpha value is -0.970. The number of aliphatic hydroxyl groups excluding tert-OH is 1. The van der Waals surface area contributed by atoms with Gasteiger partial charge < -0.3 is 10.4 Å². The van der Waals surface area contributed by atoms with Gasteiger partial charge in [0.15, 0.2) is 0 Å². The summed E-state index contributed by atoms with van der Waals surface area (Å²) in [6, 6.07) is -0.652. The molecule has 0 saturated carbocycles. The van der Waals surface area contributed by atoms with Gasteiger partial charge in [0, 0.05) is 0 Å². The van der Waals surface area contributed by atoms with Gasteiger partial charge in [-0.25, -0.2) is 0 Å². The largest absolute Gasteiger partial charge is 0.391 e. The van der Waals surface area contributed by atoms with Crippen molar-refractivity contribution in [1.29, 1.82) is 0 Å². The number of aliphatic hydroxyl groups is 1. The number of dihydropyridines is 1. The minimum absolute atomic E-state index is 0.652. The summed E-state index contributed by atoms with van der Waals surface area (Å²) in [5, 5.41) is 11.9. The number of rotatable bonds is 2. The van der Waals surface area contributed by atoms with E-state index in [1.165, 1.54) is 6.08 Å². The van der Waals surface area contributed by atoms with Crippen LogP contribution >= 0.6 is 0 Å². The van der Waals surface area contributed by atoms with Crippen LogP contribution in [-0.4, -0.2) is 23.4 Å². The molecular weight excluding hydrogens is 195 g/mol. The third-order valence-electron chi connectivity index (χ3n) is 1.93. The molecule has 80 valence electrons. The van der Waals surface area contributed by atoms with Crippen molar-refractivity contribution in [3.05, 3.63) is 23.9 Å². The highest BCUT2D eigenvalue weighted by Crippen LogP contribution is 2.23. The summed E-state index contributed by atoms with van der Waals surface area (Å²) in [7, 11) is 0. The maximum atomic E-state index is 11.9. The number of nitrogens with one attached hydrogen (secondary N) is 1. The van der Waals surface area contributed by atoms with Crippen LogP contribution < -0.4 is 5.32 Å². The molecule has 0 aromatic heterocycles. The third-order valence-corrected chi connectivity index (χ3v) is 1.93. The Bertz CT molecular complexity index is 257. The Morgan fingerprint density at radius 2 is 2.21 bits per heavy atom. The van der Waals surface area contributed by atoms with Crippen LogP contribution in [-0.2, 0) is 0 Å². The summed E-state index contributed by atoms with van der Waals surface area (Å²) in [6.07, 6.45) is -2.15. The molecule has 2 nitrogen and oxygen atoms in total. The van der Waals surface area contributed by atoms with Crippen LogP contribution in [0.4, 0.5) is 13.2 Å². The molecule has 0 spiro atoms. The monoisotopic (exact) mass is 207 g/mol. The van der Waals surface area contributed by atoms with Crippen LogP contribution in [0.25, 0.3) is 0 Å². The maximum absolute atomic E-state index is 11.9. The fourth-order valence-corrected chi connectivity index (χ4v) is 1.19. The average molecular weight is 207 g/mol. The molecule has 0 aliphatic carbocycles. The van der Waals surface area contributed by atoms with E-state index in [0.29, 0.717) is 0 Å². The first kappa shape index (κ1) is 11.1. The highest BCUT2D eigenvalue weighted by atomic mass is 19.4. The van der Waals surface area contributed by atoms with E-state index in [1.54, 1.807) is 12.3 Å². The minimum atomic E-state index is -4.33. The van der Waals surface area contributed by atoms with Gasteiger partial charge in [-0.05, 0) is 18.7 Å². The standard InChI is InChI=1S/C9H12F3NO/c1-6-2-3-7(13-5-6)8(14)4-9(10,11)12/h2-3,5,7-8,13-14H,4H2,1H3. The minimum Gasteiger partial charge on any atom is -0.390 e. The Morgan fingerprint density at radius 3 is 2.64 bits per heavy atom. The van der Waals surface area contributed by atoms with Crippen molar-refractivity contribution in [2.24, 2.45) is 0 Å². The van der Waals surface area contributed by atoms with Crippen LogP contribution in [0, 0.1) is 0 Å². The summed E-state index contributed by atoms with van der Waals surface area (Å²) >= 11 is 0. The smallest absolute Gasteiger partial charge is 0.390 e. The van der Waals surface area contributed by atoms with Gasteiger partial charge in [-0.2, -0.15) is 13.2 Å². The van der Waals surface area contributed by atoms with Crippen molar-refractivity contribution in [2.45, 2.75) is 31.7 Å². The van der Waals surface area contributed by atoms with Gasteiger partial charge in [-0.15, -0.1) is 0 Å². The molecule has 0 fully saturated rings. The zero-order valence-electron chi connectivity index (χ0n) is 7.67. The zero-order chi connectivity index (χ0) is 10.8. The van der Waals surface area contributed by atoms with E-state index in [-0.39, 0.29) is 0 Å². The van der Waals surface area contributed by atoms with E-state index < -0.39 is 24.7 Å². The second-order valence-corrected chi connectivity index (χ2v) is 3.33. The first-order valence-corrected chi connectivity index (χ1v) is 4.24. The molecule has 5 heteroatoms. The average Bonchev–Trinajstić information content (AvgIpc) is 2.02. The summed E-state index contributed by atoms with van der Waals surface area (Å²) in [6.45, 7) is 1.82. The first-order valence-electron chi connectivity index (χ1n) is 4.24. The second kappa shape index (κ2) is 4.04. The van der Waals surface area contributed by atoms with Crippen molar-refractivity contribution in [1.82, 2.24) is 5.32 Å². The van der Waals surface area contributed by atoms with E-state index in [1.807, 2.05) is 6.92 Å². The molecule has 1 heterocycles. The van der Waals surface area contributed by atoms with Crippen LogP contribution in [0.1, 0.15) is 13.3 Å². The summed E-state index contributed by atoms with van der Waals surface area (Å²) in [5.74, 6) is 0. The molecule has 2 atom stereocenters. The molecule has 0 radical (unpaired) electrons. The fraction of sp³-hybridized carbons (Fsp3) is 0.556. The lowest BCUT2D eigenvalue weighted by Gasteiger charge is -2.23. The summed E-state index contributed by atoms with van der Waals surface area (Å²) in [4.78, 5) is 0. The summed E-state index contributed by atoms with van der Waals surface area (Å²) < 4.78 is 35.7. The predicted molar refractivity (Wildman–Crippen MR) is 46.5 cm³/mol. The van der Waals surface area contributed by atoms with Gasteiger partial charge in [0.05, 0.1) is 18.6 Å². The molecule has 0 aromatic carbocycles. The number of halogens is 3. The van der Waals surface area contributed by atoms with Crippen LogP contribution in [0.3, 0.4) is 0 Å². The Labute approximate surface area is 80.1 Å². The van der Waals surface area contributed by atoms with Gasteiger partial charge in [-0.1, -0.05) is 12.2 Å². The van der Waals surface area contributed by atoms with E-state index in [2.05, 4.69) is 5.32 Å². The Balaban J connectivity index is 2.48. The topological polar surface area (TPSA) is 32.3 Å². The highest BCUT2D eigenvalue weighted by molar-refractivity contribution is 5.22. The molecule has 1 aliphatic heterocycles. The second-order valence-electron chi connectivity index (χ2n) is 3.33. The molecule has 14 heavy (non-hydrogen) atoms. The van der Waals surface area contributed by atoms with Crippen molar-refractivity contribution in [3.63, 3.8) is 0 Å². The van der Waals surface area contributed by atoms with Gasteiger partial charge in [-0.3, -0.25) is 0 Å². The van der Waals surface area contributed by atoms with E-state index in [9.17, 15) is 18.3 Å². The summed E-state index contributed by atoms with van der Waals surface area (Å²) in [5.41, 5.74) is 0.917. The van der Waals surface area contributed by atoms with E-state index in [4.69, 9.17) is 0 Å². The van der Waals surface area contributed by atoms with Crippen LogP contribution in [0.2, 0.25) is 0 Å². The van der Waals surface area contributed by atoms with Gasteiger partial charge in [0.1, 0.15) is 0 Å². The number of alkyl halides is 3. The number of hydrogen-bond acceptors (Lipinski definition) is 2. The van der Waals surface area contributed by atoms with Gasteiger partial charge in [0.25, 0.3) is 0 Å². The molecule has 2 N–H and O–H groups in total. The normalized spacial score (nSPS) is 24.1. The quantitative estimate of drug-likeness (QED) is 0.722. The molecule has 2 unspecified atom stereocenters. The zero-order valence-corrected chi connectivity index (χ0v) is 7.67. The molecule has 0 amide bonds. The highest BCUT2D eigenvalue weighted by Gasteiger charge is 2.34. The fourth-order valence-electron chi connectivity index (χ4n) is 1.19. The predicted octanol–water partition coefficient (Wildman–Crippen LogP) is 1.73. The first-order chi connectivity index (χ1) is 6.38. The van der Waals surface area contributed by atoms with Gasteiger partial charge >= 0.3 is 6.18 Å². The van der Waals surface area contributed by atoms with Gasteiger partial charge in [0.2, 0.25) is 0 Å². The number of hydrogen-bond donors (Lipinski definition) is 2. The van der Waals surface area contributed by atoms with Crippen LogP contribution in [0.5, 0.6) is 0 Å². The molecular formula is C9H12F3NO. The molecule has 1 rings (SSSR count).